The van der Waals surface area contributed by atoms with E-state index in [0.29, 0.717) is 31.7 Å². The van der Waals surface area contributed by atoms with Crippen molar-refractivity contribution in [3.05, 3.63) is 35.9 Å². The number of hydrogen-bond donors (Lipinski definition) is 2. The smallest absolute Gasteiger partial charge is 0.251 e. The fourth-order valence-corrected chi connectivity index (χ4v) is 2.68. The highest BCUT2D eigenvalue weighted by Gasteiger charge is 2.20. The lowest BCUT2D eigenvalue weighted by Crippen LogP contribution is -2.53. The van der Waals surface area contributed by atoms with Gasteiger partial charge in [-0.25, -0.2) is 0 Å². The van der Waals surface area contributed by atoms with Crippen molar-refractivity contribution in [1.82, 2.24) is 20.4 Å². The Morgan fingerprint density at radius 2 is 1.65 bits per heavy atom. The molecule has 0 bridgehead atoms. The molecule has 0 spiro atoms. The van der Waals surface area contributed by atoms with Crippen LogP contribution in [0.4, 0.5) is 0 Å². The normalized spacial score (nSPS) is 14.5. The summed E-state index contributed by atoms with van der Waals surface area (Å²) in [5.41, 5.74) is 0.652. The minimum Gasteiger partial charge on any atom is -0.357 e. The van der Waals surface area contributed by atoms with Crippen molar-refractivity contribution in [2.24, 2.45) is 4.99 Å². The van der Waals surface area contributed by atoms with Crippen LogP contribution in [0.3, 0.4) is 0 Å². The van der Waals surface area contributed by atoms with Crippen LogP contribution in [-0.2, 0) is 4.79 Å². The van der Waals surface area contributed by atoms with Crippen molar-refractivity contribution in [2.75, 3.05) is 45.8 Å². The van der Waals surface area contributed by atoms with Gasteiger partial charge in [0.05, 0.1) is 6.54 Å². The second kappa shape index (κ2) is 11.7. The van der Waals surface area contributed by atoms with E-state index < -0.39 is 0 Å². The molecule has 0 aromatic heterocycles. The molecule has 26 heavy (non-hydrogen) atoms. The van der Waals surface area contributed by atoms with Crippen LogP contribution in [0.25, 0.3) is 0 Å². The molecule has 0 saturated carbocycles. The van der Waals surface area contributed by atoms with E-state index in [1.165, 1.54) is 0 Å². The Balaban J connectivity index is 0.00000338. The summed E-state index contributed by atoms with van der Waals surface area (Å²) < 4.78 is 0. The molecule has 1 fully saturated rings. The standard InChI is InChI=1S/C18H27N5O2.HI/c1-3-19-18(23-13-11-22(12-14-23)15(2)24)21-10-9-20-17(25)16-7-5-4-6-8-16;/h4-8H,3,9-14H2,1-2H3,(H,19,21)(H,20,25);1H. The summed E-state index contributed by atoms with van der Waals surface area (Å²) in [6, 6.07) is 9.15. The molecule has 8 heteroatoms. The summed E-state index contributed by atoms with van der Waals surface area (Å²) in [6.07, 6.45) is 0. The maximum absolute atomic E-state index is 12.0. The first-order valence-corrected chi connectivity index (χ1v) is 8.74. The molecular formula is C18H28IN5O2. The van der Waals surface area contributed by atoms with Gasteiger partial charge in [-0.15, -0.1) is 24.0 Å². The Morgan fingerprint density at radius 1 is 1.04 bits per heavy atom. The zero-order chi connectivity index (χ0) is 18.1. The molecule has 1 saturated heterocycles. The highest BCUT2D eigenvalue weighted by Crippen LogP contribution is 2.03. The number of halogens is 1. The second-order valence-electron chi connectivity index (χ2n) is 5.85. The lowest BCUT2D eigenvalue weighted by molar-refractivity contribution is -0.130. The summed E-state index contributed by atoms with van der Waals surface area (Å²) in [6.45, 7) is 8.35. The molecule has 1 aromatic rings. The number of rotatable bonds is 5. The molecule has 0 radical (unpaired) electrons. The van der Waals surface area contributed by atoms with Gasteiger partial charge >= 0.3 is 0 Å². The van der Waals surface area contributed by atoms with Gasteiger partial charge in [0.2, 0.25) is 5.91 Å². The largest absolute Gasteiger partial charge is 0.357 e. The van der Waals surface area contributed by atoms with E-state index in [1.54, 1.807) is 19.1 Å². The number of benzene rings is 1. The lowest BCUT2D eigenvalue weighted by Gasteiger charge is -2.36. The summed E-state index contributed by atoms with van der Waals surface area (Å²) in [4.78, 5) is 32.0. The summed E-state index contributed by atoms with van der Waals surface area (Å²) in [5.74, 6) is 0.862. The highest BCUT2D eigenvalue weighted by atomic mass is 127. The van der Waals surface area contributed by atoms with Gasteiger partial charge in [0.15, 0.2) is 5.96 Å². The topological polar surface area (TPSA) is 77.0 Å². The van der Waals surface area contributed by atoms with Gasteiger partial charge in [-0.2, -0.15) is 0 Å². The van der Waals surface area contributed by atoms with Crippen molar-refractivity contribution in [3.63, 3.8) is 0 Å². The maximum Gasteiger partial charge on any atom is 0.251 e. The quantitative estimate of drug-likeness (QED) is 0.291. The number of amides is 2. The van der Waals surface area contributed by atoms with Crippen LogP contribution in [0, 0.1) is 0 Å². The minimum absolute atomic E-state index is 0. The average Bonchev–Trinajstić information content (AvgIpc) is 2.65. The van der Waals surface area contributed by atoms with Gasteiger partial charge in [-0.1, -0.05) is 18.2 Å². The number of nitrogens with one attached hydrogen (secondary N) is 2. The molecule has 2 amide bonds. The minimum atomic E-state index is -0.0872. The molecule has 0 atom stereocenters. The molecule has 1 aliphatic rings. The third kappa shape index (κ3) is 6.81. The van der Waals surface area contributed by atoms with E-state index in [9.17, 15) is 9.59 Å². The SMILES string of the molecule is CCNC(=NCCNC(=O)c1ccccc1)N1CCN(C(C)=O)CC1.I. The molecule has 0 unspecified atom stereocenters. The van der Waals surface area contributed by atoms with Crippen LogP contribution in [0.1, 0.15) is 24.2 Å². The van der Waals surface area contributed by atoms with Crippen LogP contribution in [0.2, 0.25) is 0 Å². The Morgan fingerprint density at radius 3 is 2.23 bits per heavy atom. The summed E-state index contributed by atoms with van der Waals surface area (Å²) in [5, 5.41) is 6.15. The Hall–Kier alpha value is -1.84. The monoisotopic (exact) mass is 473 g/mol. The van der Waals surface area contributed by atoms with Gasteiger partial charge in [0.25, 0.3) is 5.91 Å². The number of carbonyl (C=O) groups is 2. The van der Waals surface area contributed by atoms with E-state index >= 15 is 0 Å². The average molecular weight is 473 g/mol. The van der Waals surface area contributed by atoms with Crippen LogP contribution < -0.4 is 10.6 Å². The first-order valence-electron chi connectivity index (χ1n) is 8.74. The van der Waals surface area contributed by atoms with Crippen LogP contribution >= 0.6 is 24.0 Å². The van der Waals surface area contributed by atoms with Crippen LogP contribution in [0.15, 0.2) is 35.3 Å². The van der Waals surface area contributed by atoms with Gasteiger partial charge in [0, 0.05) is 51.8 Å². The molecule has 7 nitrogen and oxygen atoms in total. The van der Waals surface area contributed by atoms with E-state index in [-0.39, 0.29) is 35.8 Å². The van der Waals surface area contributed by atoms with Crippen molar-refractivity contribution >= 4 is 41.8 Å². The third-order valence-electron chi connectivity index (χ3n) is 4.05. The molecule has 1 heterocycles. The van der Waals surface area contributed by atoms with Crippen molar-refractivity contribution < 1.29 is 9.59 Å². The lowest BCUT2D eigenvalue weighted by atomic mass is 10.2. The molecule has 1 aliphatic heterocycles. The summed E-state index contributed by atoms with van der Waals surface area (Å²) in [7, 11) is 0. The van der Waals surface area contributed by atoms with Gasteiger partial charge in [0.1, 0.15) is 0 Å². The van der Waals surface area contributed by atoms with Gasteiger partial charge in [-0.3, -0.25) is 14.6 Å². The molecule has 2 N–H and O–H groups in total. The zero-order valence-corrected chi connectivity index (χ0v) is 17.7. The van der Waals surface area contributed by atoms with E-state index in [4.69, 9.17) is 0 Å². The fraction of sp³-hybridized carbons (Fsp3) is 0.500. The molecule has 144 valence electrons. The summed E-state index contributed by atoms with van der Waals surface area (Å²) >= 11 is 0. The Kier molecular flexibility index (Phi) is 10.0. The molecule has 0 aliphatic carbocycles. The highest BCUT2D eigenvalue weighted by molar-refractivity contribution is 14.0. The molecule has 1 aromatic carbocycles. The number of guanidine groups is 1. The van der Waals surface area contributed by atoms with Crippen LogP contribution in [0.5, 0.6) is 0 Å². The Labute approximate surface area is 172 Å². The van der Waals surface area contributed by atoms with E-state index in [0.717, 1.165) is 25.6 Å². The predicted molar refractivity (Wildman–Crippen MR) is 114 cm³/mol. The molecular weight excluding hydrogens is 445 g/mol. The zero-order valence-electron chi connectivity index (χ0n) is 15.4. The van der Waals surface area contributed by atoms with E-state index in [1.807, 2.05) is 30.0 Å². The third-order valence-corrected chi connectivity index (χ3v) is 4.05. The number of hydrogen-bond acceptors (Lipinski definition) is 3. The van der Waals surface area contributed by atoms with Gasteiger partial charge < -0.3 is 20.4 Å². The number of piperazine rings is 1. The van der Waals surface area contributed by atoms with Crippen molar-refractivity contribution in [2.45, 2.75) is 13.8 Å². The van der Waals surface area contributed by atoms with Gasteiger partial charge in [-0.05, 0) is 19.1 Å². The van der Waals surface area contributed by atoms with Crippen LogP contribution in [-0.4, -0.2) is 73.4 Å². The van der Waals surface area contributed by atoms with E-state index in [2.05, 4.69) is 20.5 Å². The number of carbonyl (C=O) groups excluding carboxylic acids is 2. The van der Waals surface area contributed by atoms with Crippen molar-refractivity contribution in [3.8, 4) is 0 Å². The second-order valence-corrected chi connectivity index (χ2v) is 5.85. The predicted octanol–water partition coefficient (Wildman–Crippen LogP) is 1.16. The van der Waals surface area contributed by atoms with Crippen molar-refractivity contribution in [1.29, 1.82) is 0 Å². The first-order chi connectivity index (χ1) is 12.1. The maximum atomic E-state index is 12.0. The first kappa shape index (κ1) is 22.2. The fourth-order valence-electron chi connectivity index (χ4n) is 2.68. The Bertz CT molecular complexity index is 601. The number of nitrogens with zero attached hydrogens (tertiary/aromatic N) is 3. The number of aliphatic imine (C=N–C) groups is 1. The molecule has 2 rings (SSSR count).